The van der Waals surface area contributed by atoms with Crippen molar-refractivity contribution in [2.75, 3.05) is 0 Å². The Morgan fingerprint density at radius 1 is 1.62 bits per heavy atom. The summed E-state index contributed by atoms with van der Waals surface area (Å²) in [5, 5.41) is 8.85. The van der Waals surface area contributed by atoms with Crippen molar-refractivity contribution < 1.29 is 5.11 Å². The molecule has 0 heterocycles. The molecule has 0 saturated heterocycles. The first-order chi connectivity index (χ1) is 3.84. The summed E-state index contributed by atoms with van der Waals surface area (Å²) in [5.41, 5.74) is 0. The molecule has 48 valence electrons. The Morgan fingerprint density at radius 3 is 2.62 bits per heavy atom. The Hall–Kier alpha value is -0.0400. The van der Waals surface area contributed by atoms with Crippen LogP contribution in [0.15, 0.2) is 0 Å². The molecule has 0 amide bonds. The molecule has 1 nitrogen and oxygen atoms in total. The summed E-state index contributed by atoms with van der Waals surface area (Å²) in [4.78, 5) is 0. The highest BCUT2D eigenvalue weighted by Gasteiger charge is 2.33. The highest BCUT2D eigenvalue weighted by Crippen LogP contribution is 2.34. The van der Waals surface area contributed by atoms with Gasteiger partial charge in [0.1, 0.15) is 0 Å². The zero-order valence-corrected chi connectivity index (χ0v) is 5.43. The Labute approximate surface area is 50.7 Å². The monoisotopic (exact) mass is 114 g/mol. The molecule has 1 heteroatoms. The van der Waals surface area contributed by atoms with Gasteiger partial charge in [-0.15, -0.1) is 0 Å². The van der Waals surface area contributed by atoms with Crippen molar-refractivity contribution in [1.82, 2.24) is 0 Å². The number of aliphatic hydroxyl groups is 1. The number of aliphatic hydroxyl groups excluding tert-OH is 1. The van der Waals surface area contributed by atoms with Crippen LogP contribution in [0.5, 0.6) is 0 Å². The van der Waals surface area contributed by atoms with Crippen LogP contribution >= 0.6 is 0 Å². The molecule has 0 aliphatic heterocycles. The lowest BCUT2D eigenvalue weighted by molar-refractivity contribution is 0.256. The van der Waals surface area contributed by atoms with Crippen molar-refractivity contribution in [3.63, 3.8) is 0 Å². The van der Waals surface area contributed by atoms with Crippen LogP contribution in [-0.4, -0.2) is 11.2 Å². The number of unbranched alkanes of at least 4 members (excludes halogenated alkanes) is 1. The van der Waals surface area contributed by atoms with Crippen molar-refractivity contribution >= 4 is 0 Å². The van der Waals surface area contributed by atoms with Gasteiger partial charge in [-0.05, 0) is 18.8 Å². The predicted molar refractivity (Wildman–Crippen MR) is 33.6 cm³/mol. The third-order valence-electron chi connectivity index (χ3n) is 1.81. The summed E-state index contributed by atoms with van der Waals surface area (Å²) in [7, 11) is 0. The molecular weight excluding hydrogens is 100 g/mol. The smallest absolute Gasteiger partial charge is 0.0573 e. The number of hydrogen-bond donors (Lipinski definition) is 1. The average molecular weight is 114 g/mol. The van der Waals surface area contributed by atoms with E-state index < -0.39 is 0 Å². The van der Waals surface area contributed by atoms with E-state index in [1.54, 1.807) is 0 Å². The van der Waals surface area contributed by atoms with Gasteiger partial charge in [-0.2, -0.15) is 0 Å². The molecule has 0 aromatic carbocycles. The first-order valence-electron chi connectivity index (χ1n) is 3.52. The molecule has 0 aromatic heterocycles. The summed E-state index contributed by atoms with van der Waals surface area (Å²) >= 11 is 0. The minimum atomic E-state index is 0.0709. The van der Waals surface area contributed by atoms with Crippen molar-refractivity contribution in [3.05, 3.63) is 0 Å². The van der Waals surface area contributed by atoms with Crippen LogP contribution in [0.2, 0.25) is 0 Å². The van der Waals surface area contributed by atoms with Gasteiger partial charge in [0.05, 0.1) is 6.10 Å². The lowest BCUT2D eigenvalue weighted by atomic mass is 10.2. The Kier molecular flexibility index (Phi) is 1.90. The molecule has 1 rings (SSSR count). The molecule has 0 aromatic rings. The van der Waals surface area contributed by atoms with Gasteiger partial charge in [-0.1, -0.05) is 19.8 Å². The maximum absolute atomic E-state index is 8.85. The zero-order chi connectivity index (χ0) is 5.98. The fourth-order valence-corrected chi connectivity index (χ4v) is 1.01. The largest absolute Gasteiger partial charge is 0.393 e. The molecule has 1 aliphatic rings. The van der Waals surface area contributed by atoms with Crippen molar-refractivity contribution in [2.24, 2.45) is 5.92 Å². The van der Waals surface area contributed by atoms with Gasteiger partial charge in [0.15, 0.2) is 0 Å². The first-order valence-corrected chi connectivity index (χ1v) is 3.52. The predicted octanol–water partition coefficient (Wildman–Crippen LogP) is 1.56. The third kappa shape index (κ3) is 1.48. The summed E-state index contributed by atoms with van der Waals surface area (Å²) < 4.78 is 0. The van der Waals surface area contributed by atoms with Crippen molar-refractivity contribution in [2.45, 2.75) is 38.7 Å². The Bertz CT molecular complexity index is 70.8. The van der Waals surface area contributed by atoms with Crippen LogP contribution < -0.4 is 0 Å². The summed E-state index contributed by atoms with van der Waals surface area (Å²) in [6.07, 6.45) is 4.95. The van der Waals surface area contributed by atoms with Crippen LogP contribution in [0, 0.1) is 5.92 Å². The van der Waals surface area contributed by atoms with Crippen LogP contribution in [0.3, 0.4) is 0 Å². The second-order valence-corrected chi connectivity index (χ2v) is 2.71. The van der Waals surface area contributed by atoms with Gasteiger partial charge in [-0.25, -0.2) is 0 Å². The van der Waals surface area contributed by atoms with E-state index in [4.69, 9.17) is 5.11 Å². The standard InChI is InChI=1S/C7H14O/c1-2-3-4-6-5-7(6)8/h6-8H,2-5H2,1H3/t6-,7-/m1/s1. The van der Waals surface area contributed by atoms with Gasteiger partial charge in [0.25, 0.3) is 0 Å². The van der Waals surface area contributed by atoms with Crippen LogP contribution in [-0.2, 0) is 0 Å². The molecule has 1 aliphatic carbocycles. The molecule has 1 fully saturated rings. The van der Waals surface area contributed by atoms with E-state index in [-0.39, 0.29) is 6.10 Å². The Balaban J connectivity index is 1.89. The van der Waals surface area contributed by atoms with E-state index in [1.165, 1.54) is 19.3 Å². The molecule has 0 bridgehead atoms. The average Bonchev–Trinajstić information content (AvgIpc) is 2.42. The zero-order valence-electron chi connectivity index (χ0n) is 5.43. The first kappa shape index (κ1) is 6.09. The highest BCUT2D eigenvalue weighted by molar-refractivity contribution is 4.84. The van der Waals surface area contributed by atoms with Gasteiger partial charge >= 0.3 is 0 Å². The number of rotatable bonds is 3. The lowest BCUT2D eigenvalue weighted by Crippen LogP contribution is -1.84. The van der Waals surface area contributed by atoms with Gasteiger partial charge in [0.2, 0.25) is 0 Å². The summed E-state index contributed by atoms with van der Waals surface area (Å²) in [6.45, 7) is 2.19. The van der Waals surface area contributed by atoms with Crippen LogP contribution in [0.1, 0.15) is 32.6 Å². The van der Waals surface area contributed by atoms with E-state index in [1.807, 2.05) is 0 Å². The van der Waals surface area contributed by atoms with Gasteiger partial charge in [0, 0.05) is 0 Å². The quantitative estimate of drug-likeness (QED) is 0.590. The van der Waals surface area contributed by atoms with Gasteiger partial charge in [-0.3, -0.25) is 0 Å². The van der Waals surface area contributed by atoms with Crippen LogP contribution in [0.4, 0.5) is 0 Å². The highest BCUT2D eigenvalue weighted by atomic mass is 16.3. The second kappa shape index (κ2) is 2.49. The molecule has 8 heavy (non-hydrogen) atoms. The Morgan fingerprint density at radius 2 is 2.25 bits per heavy atom. The van der Waals surface area contributed by atoms with Crippen molar-refractivity contribution in [3.8, 4) is 0 Å². The topological polar surface area (TPSA) is 20.2 Å². The minimum absolute atomic E-state index is 0.0709. The SMILES string of the molecule is CCCC[C@@H]1C[C@H]1O. The van der Waals surface area contributed by atoms with E-state index in [0.29, 0.717) is 5.92 Å². The van der Waals surface area contributed by atoms with E-state index in [0.717, 1.165) is 6.42 Å². The molecule has 1 saturated carbocycles. The van der Waals surface area contributed by atoms with E-state index in [2.05, 4.69) is 6.92 Å². The summed E-state index contributed by atoms with van der Waals surface area (Å²) in [5.74, 6) is 0.676. The third-order valence-corrected chi connectivity index (χ3v) is 1.81. The molecular formula is C7H14O. The van der Waals surface area contributed by atoms with Crippen molar-refractivity contribution in [1.29, 1.82) is 0 Å². The maximum Gasteiger partial charge on any atom is 0.0573 e. The number of hydrogen-bond acceptors (Lipinski definition) is 1. The molecule has 0 spiro atoms. The molecule has 2 atom stereocenters. The maximum atomic E-state index is 8.85. The fourth-order valence-electron chi connectivity index (χ4n) is 1.01. The van der Waals surface area contributed by atoms with E-state index in [9.17, 15) is 0 Å². The summed E-state index contributed by atoms with van der Waals surface area (Å²) in [6, 6.07) is 0. The fraction of sp³-hybridized carbons (Fsp3) is 1.00. The lowest BCUT2D eigenvalue weighted by Gasteiger charge is -1.90. The molecule has 0 unspecified atom stereocenters. The molecule has 1 N–H and O–H groups in total. The van der Waals surface area contributed by atoms with Gasteiger partial charge < -0.3 is 5.11 Å². The minimum Gasteiger partial charge on any atom is -0.393 e. The van der Waals surface area contributed by atoms with Crippen LogP contribution in [0.25, 0.3) is 0 Å². The normalized spacial score (nSPS) is 35.2. The molecule has 0 radical (unpaired) electrons. The second-order valence-electron chi connectivity index (χ2n) is 2.71. The van der Waals surface area contributed by atoms with E-state index >= 15 is 0 Å².